The molecular weight excluding hydrogens is 280 g/mol. The second-order valence-corrected chi connectivity index (χ2v) is 5.14. The third-order valence-electron chi connectivity index (χ3n) is 3.67. The van der Waals surface area contributed by atoms with Crippen LogP contribution in [0.15, 0.2) is 53.3 Å². The lowest BCUT2D eigenvalue weighted by molar-refractivity contribution is 0.174. The Balaban J connectivity index is 1.58. The summed E-state index contributed by atoms with van der Waals surface area (Å²) in [6.07, 6.45) is 0. The average molecular weight is 294 g/mol. The van der Waals surface area contributed by atoms with Crippen LogP contribution in [0.5, 0.6) is 11.5 Å². The lowest BCUT2D eigenvalue weighted by Crippen LogP contribution is -2.10. The van der Waals surface area contributed by atoms with Gasteiger partial charge in [-0.1, -0.05) is 24.3 Å². The van der Waals surface area contributed by atoms with Gasteiger partial charge in [-0.15, -0.1) is 0 Å². The zero-order valence-corrected chi connectivity index (χ0v) is 11.8. The number of aromatic nitrogens is 1. The lowest BCUT2D eigenvalue weighted by atomic mass is 10.1. The van der Waals surface area contributed by atoms with E-state index >= 15 is 0 Å². The molecule has 3 aromatic rings. The first kappa shape index (κ1) is 12.8. The molecule has 0 saturated heterocycles. The Morgan fingerprint density at radius 1 is 1.05 bits per heavy atom. The van der Waals surface area contributed by atoms with Crippen molar-refractivity contribution in [3.05, 3.63) is 64.4 Å². The highest BCUT2D eigenvalue weighted by Gasteiger charge is 2.13. The van der Waals surface area contributed by atoms with Crippen LogP contribution < -0.4 is 20.3 Å². The summed E-state index contributed by atoms with van der Waals surface area (Å²) in [6.45, 7) is 0.856. The molecule has 2 heterocycles. The largest absolute Gasteiger partial charge is 0.454 e. The summed E-state index contributed by atoms with van der Waals surface area (Å²) in [4.78, 5) is 14.9. The van der Waals surface area contributed by atoms with Gasteiger partial charge in [-0.2, -0.15) is 0 Å². The summed E-state index contributed by atoms with van der Waals surface area (Å²) in [7, 11) is 0. The monoisotopic (exact) mass is 294 g/mol. The maximum Gasteiger partial charge on any atom is 0.257 e. The van der Waals surface area contributed by atoms with Crippen molar-refractivity contribution in [1.29, 1.82) is 0 Å². The molecule has 1 aromatic heterocycles. The smallest absolute Gasteiger partial charge is 0.257 e. The second kappa shape index (κ2) is 5.11. The first-order valence-electron chi connectivity index (χ1n) is 7.04. The quantitative estimate of drug-likeness (QED) is 0.779. The fourth-order valence-electron chi connectivity index (χ4n) is 2.55. The summed E-state index contributed by atoms with van der Waals surface area (Å²) in [5, 5.41) is 4.84. The van der Waals surface area contributed by atoms with Crippen molar-refractivity contribution in [1.82, 2.24) is 4.98 Å². The SMILES string of the molecule is O=c1[nH]c(NCc2ccc3c(c2)OCO3)cc2ccccc12. The molecule has 2 aromatic carbocycles. The van der Waals surface area contributed by atoms with Crippen LogP contribution in [0.1, 0.15) is 5.56 Å². The Kier molecular flexibility index (Phi) is 2.96. The summed E-state index contributed by atoms with van der Waals surface area (Å²) in [5.41, 5.74) is 0.963. The van der Waals surface area contributed by atoms with Crippen molar-refractivity contribution in [3.8, 4) is 11.5 Å². The third kappa shape index (κ3) is 2.26. The number of aromatic amines is 1. The first-order chi connectivity index (χ1) is 10.8. The topological polar surface area (TPSA) is 63.4 Å². The Hall–Kier alpha value is -2.95. The molecule has 0 radical (unpaired) electrons. The standard InChI is InChI=1S/C17H14N2O3/c20-17-13-4-2-1-3-12(13)8-16(19-17)18-9-11-5-6-14-15(7-11)22-10-21-14/h1-8H,9-10H2,(H2,18,19,20). The average Bonchev–Trinajstić information content (AvgIpc) is 3.00. The van der Waals surface area contributed by atoms with Crippen LogP contribution in [-0.2, 0) is 6.54 Å². The molecule has 5 heteroatoms. The lowest BCUT2D eigenvalue weighted by Gasteiger charge is -2.08. The molecule has 5 nitrogen and oxygen atoms in total. The number of fused-ring (bicyclic) bond motifs is 2. The van der Waals surface area contributed by atoms with Gasteiger partial charge >= 0.3 is 0 Å². The number of rotatable bonds is 3. The number of hydrogen-bond donors (Lipinski definition) is 2. The number of ether oxygens (including phenoxy) is 2. The molecule has 0 saturated carbocycles. The number of anilines is 1. The molecule has 0 bridgehead atoms. The van der Waals surface area contributed by atoms with Gasteiger partial charge < -0.3 is 19.8 Å². The van der Waals surface area contributed by atoms with Crippen LogP contribution in [0.4, 0.5) is 5.82 Å². The summed E-state index contributed by atoms with van der Waals surface area (Å²) in [6, 6.07) is 15.3. The van der Waals surface area contributed by atoms with Crippen molar-refractivity contribution in [3.63, 3.8) is 0 Å². The minimum atomic E-state index is -0.0914. The van der Waals surface area contributed by atoms with Gasteiger partial charge in [0.2, 0.25) is 6.79 Å². The highest BCUT2D eigenvalue weighted by molar-refractivity contribution is 5.83. The molecule has 110 valence electrons. The zero-order chi connectivity index (χ0) is 14.9. The molecule has 22 heavy (non-hydrogen) atoms. The van der Waals surface area contributed by atoms with E-state index in [9.17, 15) is 4.79 Å². The molecule has 0 fully saturated rings. The fourth-order valence-corrected chi connectivity index (χ4v) is 2.55. The molecular formula is C17H14N2O3. The van der Waals surface area contributed by atoms with Gasteiger partial charge in [-0.3, -0.25) is 4.79 Å². The minimum Gasteiger partial charge on any atom is -0.454 e. The highest BCUT2D eigenvalue weighted by Crippen LogP contribution is 2.32. The van der Waals surface area contributed by atoms with Gasteiger partial charge in [0.1, 0.15) is 5.82 Å². The predicted molar refractivity (Wildman–Crippen MR) is 84.5 cm³/mol. The van der Waals surface area contributed by atoms with E-state index in [1.807, 2.05) is 48.5 Å². The summed E-state index contributed by atoms with van der Waals surface area (Å²) in [5.74, 6) is 2.22. The fraction of sp³-hybridized carbons (Fsp3) is 0.118. The van der Waals surface area contributed by atoms with Crippen LogP contribution in [-0.4, -0.2) is 11.8 Å². The number of hydrogen-bond acceptors (Lipinski definition) is 4. The van der Waals surface area contributed by atoms with E-state index in [0.717, 1.165) is 22.4 Å². The van der Waals surface area contributed by atoms with E-state index < -0.39 is 0 Å². The Labute approximate surface area is 126 Å². The molecule has 0 atom stereocenters. The molecule has 4 rings (SSSR count). The molecule has 0 spiro atoms. The number of pyridine rings is 1. The maximum atomic E-state index is 12.0. The van der Waals surface area contributed by atoms with Crippen LogP contribution in [0.2, 0.25) is 0 Å². The summed E-state index contributed by atoms with van der Waals surface area (Å²) >= 11 is 0. The van der Waals surface area contributed by atoms with Crippen molar-refractivity contribution >= 4 is 16.6 Å². The van der Waals surface area contributed by atoms with E-state index in [4.69, 9.17) is 9.47 Å². The van der Waals surface area contributed by atoms with Crippen molar-refractivity contribution < 1.29 is 9.47 Å². The van der Waals surface area contributed by atoms with Crippen LogP contribution in [0, 0.1) is 0 Å². The normalized spacial score (nSPS) is 12.5. The summed E-state index contributed by atoms with van der Waals surface area (Å²) < 4.78 is 10.7. The van der Waals surface area contributed by atoms with E-state index in [1.54, 1.807) is 0 Å². The van der Waals surface area contributed by atoms with Crippen LogP contribution in [0.25, 0.3) is 10.8 Å². The number of benzene rings is 2. The molecule has 0 unspecified atom stereocenters. The van der Waals surface area contributed by atoms with Crippen LogP contribution in [0.3, 0.4) is 0 Å². The third-order valence-corrected chi connectivity index (χ3v) is 3.67. The van der Waals surface area contributed by atoms with E-state index in [2.05, 4.69) is 10.3 Å². The predicted octanol–water partition coefficient (Wildman–Crippen LogP) is 2.87. The maximum absolute atomic E-state index is 12.0. The highest BCUT2D eigenvalue weighted by atomic mass is 16.7. The van der Waals surface area contributed by atoms with E-state index in [1.165, 1.54) is 0 Å². The van der Waals surface area contributed by atoms with Crippen molar-refractivity contribution in [2.45, 2.75) is 6.54 Å². The second-order valence-electron chi connectivity index (χ2n) is 5.14. The first-order valence-corrected chi connectivity index (χ1v) is 7.04. The molecule has 2 N–H and O–H groups in total. The van der Waals surface area contributed by atoms with E-state index in [-0.39, 0.29) is 12.4 Å². The molecule has 1 aliphatic rings. The van der Waals surface area contributed by atoms with E-state index in [0.29, 0.717) is 17.7 Å². The Morgan fingerprint density at radius 2 is 1.91 bits per heavy atom. The molecule has 0 aliphatic carbocycles. The van der Waals surface area contributed by atoms with Gasteiger partial charge in [-0.25, -0.2) is 0 Å². The molecule has 0 amide bonds. The molecule has 1 aliphatic heterocycles. The Bertz CT molecular complexity index is 902. The van der Waals surface area contributed by atoms with Gasteiger partial charge in [0.25, 0.3) is 5.56 Å². The van der Waals surface area contributed by atoms with Crippen molar-refractivity contribution in [2.75, 3.05) is 12.1 Å². The van der Waals surface area contributed by atoms with Crippen LogP contribution >= 0.6 is 0 Å². The van der Waals surface area contributed by atoms with Crippen molar-refractivity contribution in [2.24, 2.45) is 0 Å². The Morgan fingerprint density at radius 3 is 2.86 bits per heavy atom. The van der Waals surface area contributed by atoms with Gasteiger partial charge in [0.15, 0.2) is 11.5 Å². The zero-order valence-electron chi connectivity index (χ0n) is 11.8. The number of nitrogens with one attached hydrogen (secondary N) is 2. The minimum absolute atomic E-state index is 0.0914. The number of H-pyrrole nitrogens is 1. The van der Waals surface area contributed by atoms with Gasteiger partial charge in [0.05, 0.1) is 0 Å². The van der Waals surface area contributed by atoms with Gasteiger partial charge in [-0.05, 0) is 35.2 Å². The van der Waals surface area contributed by atoms with Gasteiger partial charge in [0, 0.05) is 11.9 Å².